The van der Waals surface area contributed by atoms with E-state index in [2.05, 4.69) is 48.5 Å². The molecule has 0 spiro atoms. The van der Waals surface area contributed by atoms with E-state index < -0.39 is 97.5 Å². The molecule has 0 aliphatic rings. The molecule has 0 aliphatic heterocycles. The van der Waals surface area contributed by atoms with Crippen LogP contribution in [-0.4, -0.2) is 96.7 Å². The number of rotatable bonds is 72. The van der Waals surface area contributed by atoms with Gasteiger partial charge >= 0.3 is 39.5 Å². The van der Waals surface area contributed by atoms with Gasteiger partial charge in [0.2, 0.25) is 0 Å². The zero-order valence-corrected chi connectivity index (χ0v) is 62.5. The van der Waals surface area contributed by atoms with Crippen LogP contribution in [0, 0.1) is 17.8 Å². The lowest BCUT2D eigenvalue weighted by Crippen LogP contribution is -2.30. The highest BCUT2D eigenvalue weighted by Gasteiger charge is 2.30. The fourth-order valence-electron chi connectivity index (χ4n) is 11.2. The van der Waals surface area contributed by atoms with Gasteiger partial charge in [0.25, 0.3) is 0 Å². The molecule has 3 N–H and O–H groups in total. The van der Waals surface area contributed by atoms with Crippen LogP contribution >= 0.6 is 15.6 Å². The summed E-state index contributed by atoms with van der Waals surface area (Å²) in [6.07, 6.45) is 50.1. The molecule has 7 atom stereocenters. The molecule has 0 saturated carbocycles. The number of phosphoric acid groups is 2. The van der Waals surface area contributed by atoms with Gasteiger partial charge in [0.05, 0.1) is 26.4 Å². The third-order valence-corrected chi connectivity index (χ3v) is 19.8. The van der Waals surface area contributed by atoms with Crippen LogP contribution in [0.25, 0.3) is 0 Å². The van der Waals surface area contributed by atoms with Crippen molar-refractivity contribution in [3.05, 3.63) is 0 Å². The SMILES string of the molecule is CCCCCCCCCCCCCCCCCCCCCC(=O)O[C@H](COC(=O)CCCCCCCCCCCCCC(C)C)COP(=O)(O)OC[C@@H](O)COP(=O)(O)OC[C@@H](COC(=O)CCCCCCCCC(C)CC)OC(=O)CCCCCCCCC(C)CC. The van der Waals surface area contributed by atoms with Crippen molar-refractivity contribution in [3.8, 4) is 0 Å². The summed E-state index contributed by atoms with van der Waals surface area (Å²) >= 11 is 0. The van der Waals surface area contributed by atoms with E-state index in [1.54, 1.807) is 0 Å². The van der Waals surface area contributed by atoms with E-state index in [9.17, 15) is 43.2 Å². The number of carbonyl (C=O) groups is 4. The third-order valence-electron chi connectivity index (χ3n) is 17.9. The highest BCUT2D eigenvalue weighted by Crippen LogP contribution is 2.45. The third kappa shape index (κ3) is 65.8. The van der Waals surface area contributed by atoms with E-state index in [0.717, 1.165) is 114 Å². The molecule has 0 aromatic rings. The number of aliphatic hydroxyl groups excluding tert-OH is 1. The highest BCUT2D eigenvalue weighted by atomic mass is 31.2. The number of hydrogen-bond donors (Lipinski definition) is 3. The summed E-state index contributed by atoms with van der Waals surface area (Å²) in [5.41, 5.74) is 0. The number of phosphoric ester groups is 2. The summed E-state index contributed by atoms with van der Waals surface area (Å²) in [6.45, 7) is 11.8. The highest BCUT2D eigenvalue weighted by molar-refractivity contribution is 7.47. The molecule has 0 aromatic heterocycles. The Kier molecular flexibility index (Phi) is 63.4. The molecular weight excluding hydrogens is 1220 g/mol. The molecule has 0 heterocycles. The Balaban J connectivity index is 5.23. The minimum Gasteiger partial charge on any atom is -0.462 e. The Morgan fingerprint density at radius 1 is 0.312 bits per heavy atom. The molecule has 19 heteroatoms. The van der Waals surface area contributed by atoms with Gasteiger partial charge in [-0.1, -0.05) is 325 Å². The quantitative estimate of drug-likeness (QED) is 0.0222. The van der Waals surface area contributed by atoms with Crippen LogP contribution in [0.3, 0.4) is 0 Å². The fraction of sp³-hybridized carbons (Fsp3) is 0.946. The first-order valence-electron chi connectivity index (χ1n) is 38.4. The van der Waals surface area contributed by atoms with E-state index in [1.165, 1.54) is 180 Å². The van der Waals surface area contributed by atoms with E-state index in [-0.39, 0.29) is 25.7 Å². The molecule has 0 aliphatic carbocycles. The van der Waals surface area contributed by atoms with E-state index in [4.69, 9.17) is 37.0 Å². The van der Waals surface area contributed by atoms with Gasteiger partial charge in [0.1, 0.15) is 19.3 Å². The maximum absolute atomic E-state index is 13.1. The van der Waals surface area contributed by atoms with Crippen LogP contribution in [0.1, 0.15) is 376 Å². The Morgan fingerprint density at radius 2 is 0.548 bits per heavy atom. The smallest absolute Gasteiger partial charge is 0.462 e. The molecule has 0 saturated heterocycles. The molecule has 93 heavy (non-hydrogen) atoms. The Morgan fingerprint density at radius 3 is 0.817 bits per heavy atom. The van der Waals surface area contributed by atoms with Crippen molar-refractivity contribution in [2.45, 2.75) is 394 Å². The number of esters is 4. The standard InChI is InChI=1S/C74H144O17P2/c1-8-11-12-13-14-15-16-17-18-19-20-21-22-23-26-30-33-43-50-57-73(78)90-69(61-84-71(76)55-48-41-32-29-27-24-25-28-31-38-45-52-65(4)5)63-88-92(80,81)86-59-68(75)60-87-93(82,83)89-64-70(91-74(79)58-51-44-37-35-40-47-54-67(7)10-3)62-85-72(77)56-49-42-36-34-39-46-53-66(6)9-2/h65-70,75H,8-64H2,1-7H3,(H,80,81)(H,82,83)/t66?,67?,68-,69-,70-/m1/s1. The molecule has 0 amide bonds. The second-order valence-electron chi connectivity index (χ2n) is 27.6. The van der Waals surface area contributed by atoms with Gasteiger partial charge in [-0.15, -0.1) is 0 Å². The van der Waals surface area contributed by atoms with Crippen molar-refractivity contribution in [3.63, 3.8) is 0 Å². The first kappa shape index (κ1) is 91.1. The second-order valence-corrected chi connectivity index (χ2v) is 30.6. The molecule has 0 rings (SSSR count). The molecule has 0 aromatic carbocycles. The van der Waals surface area contributed by atoms with Crippen LogP contribution < -0.4 is 0 Å². The van der Waals surface area contributed by atoms with E-state index in [0.29, 0.717) is 25.7 Å². The number of hydrogen-bond acceptors (Lipinski definition) is 15. The molecule has 17 nitrogen and oxygen atoms in total. The van der Waals surface area contributed by atoms with Gasteiger partial charge in [-0.25, -0.2) is 9.13 Å². The maximum Gasteiger partial charge on any atom is 0.472 e. The van der Waals surface area contributed by atoms with E-state index >= 15 is 0 Å². The van der Waals surface area contributed by atoms with Gasteiger partial charge in [-0.05, 0) is 43.4 Å². The molecule has 0 fully saturated rings. The van der Waals surface area contributed by atoms with Crippen molar-refractivity contribution in [1.82, 2.24) is 0 Å². The van der Waals surface area contributed by atoms with Crippen molar-refractivity contribution >= 4 is 39.5 Å². The minimum atomic E-state index is -4.96. The Labute approximate surface area is 568 Å². The van der Waals surface area contributed by atoms with Crippen molar-refractivity contribution in [1.29, 1.82) is 0 Å². The van der Waals surface area contributed by atoms with E-state index in [1.807, 2.05) is 0 Å². The van der Waals surface area contributed by atoms with Crippen LogP contribution in [0.15, 0.2) is 0 Å². The van der Waals surface area contributed by atoms with Gasteiger partial charge in [0.15, 0.2) is 12.2 Å². The maximum atomic E-state index is 13.1. The molecule has 0 bridgehead atoms. The Bertz CT molecular complexity index is 1820. The zero-order valence-electron chi connectivity index (χ0n) is 60.7. The molecule has 0 radical (unpaired) electrons. The first-order chi connectivity index (χ1) is 44.8. The average molecular weight is 1370 g/mol. The number of carbonyl (C=O) groups excluding carboxylic acids is 4. The minimum absolute atomic E-state index is 0.102. The summed E-state index contributed by atoms with van der Waals surface area (Å²) in [6, 6.07) is 0. The molecular formula is C74H144O17P2. The van der Waals surface area contributed by atoms with Crippen molar-refractivity contribution in [2.24, 2.45) is 17.8 Å². The largest absolute Gasteiger partial charge is 0.472 e. The summed E-state index contributed by atoms with van der Waals surface area (Å²) in [5, 5.41) is 10.6. The normalized spacial score (nSPS) is 14.7. The fourth-order valence-corrected chi connectivity index (χ4v) is 12.8. The van der Waals surface area contributed by atoms with Crippen molar-refractivity contribution in [2.75, 3.05) is 39.6 Å². The van der Waals surface area contributed by atoms with Crippen molar-refractivity contribution < 1.29 is 80.2 Å². The number of ether oxygens (including phenoxy) is 4. The predicted octanol–water partition coefficient (Wildman–Crippen LogP) is 21.4. The van der Waals surface area contributed by atoms with Gasteiger partial charge in [-0.2, -0.15) is 0 Å². The van der Waals surface area contributed by atoms with Gasteiger partial charge < -0.3 is 33.8 Å². The molecule has 552 valence electrons. The first-order valence-corrected chi connectivity index (χ1v) is 41.4. The summed E-state index contributed by atoms with van der Waals surface area (Å²) < 4.78 is 68.4. The molecule has 4 unspecified atom stereocenters. The lowest BCUT2D eigenvalue weighted by atomic mass is 10.00. The average Bonchev–Trinajstić information content (AvgIpc) is 1.67. The monoisotopic (exact) mass is 1370 g/mol. The number of unbranched alkanes of at least 4 members (excludes halogenated alkanes) is 38. The van der Waals surface area contributed by atoms with Crippen LogP contribution in [0.2, 0.25) is 0 Å². The summed E-state index contributed by atoms with van der Waals surface area (Å²) in [5.74, 6) is 0.0967. The zero-order chi connectivity index (χ0) is 68.7. The van der Waals surface area contributed by atoms with Crippen LogP contribution in [0.4, 0.5) is 0 Å². The summed E-state index contributed by atoms with van der Waals surface area (Å²) in [4.78, 5) is 72.7. The topological polar surface area (TPSA) is 237 Å². The lowest BCUT2D eigenvalue weighted by molar-refractivity contribution is -0.161. The summed E-state index contributed by atoms with van der Waals surface area (Å²) in [7, 11) is -9.91. The predicted molar refractivity (Wildman–Crippen MR) is 377 cm³/mol. The van der Waals surface area contributed by atoms with Gasteiger partial charge in [-0.3, -0.25) is 37.3 Å². The van der Waals surface area contributed by atoms with Crippen LogP contribution in [0.5, 0.6) is 0 Å². The van der Waals surface area contributed by atoms with Crippen LogP contribution in [-0.2, 0) is 65.4 Å². The Hall–Kier alpha value is -1.94. The number of aliphatic hydroxyl groups is 1. The second kappa shape index (κ2) is 64.7. The van der Waals surface area contributed by atoms with Gasteiger partial charge in [0, 0.05) is 25.7 Å². The lowest BCUT2D eigenvalue weighted by Gasteiger charge is -2.21.